The summed E-state index contributed by atoms with van der Waals surface area (Å²) >= 11 is 0. The van der Waals surface area contributed by atoms with Gasteiger partial charge in [0, 0.05) is 6.42 Å². The summed E-state index contributed by atoms with van der Waals surface area (Å²) in [6.07, 6.45) is 1.09. The summed E-state index contributed by atoms with van der Waals surface area (Å²) in [6, 6.07) is 0.755. The molecule has 106 valence electrons. The van der Waals surface area contributed by atoms with Gasteiger partial charge in [-0.1, -0.05) is 20.8 Å². The smallest absolute Gasteiger partial charge is 0.326 e. The molecule has 0 saturated carbocycles. The molecule has 19 heavy (non-hydrogen) atoms. The fraction of sp³-hybridized carbons (Fsp3) is 0.571. The molecule has 1 heterocycles. The van der Waals surface area contributed by atoms with Crippen molar-refractivity contribution >= 4 is 11.9 Å². The third-order valence-electron chi connectivity index (χ3n) is 2.88. The van der Waals surface area contributed by atoms with Gasteiger partial charge in [0.2, 0.25) is 0 Å². The molecule has 1 amide bonds. The van der Waals surface area contributed by atoms with Gasteiger partial charge in [0.25, 0.3) is 5.91 Å². The largest absolute Gasteiger partial charge is 0.480 e. The van der Waals surface area contributed by atoms with Crippen LogP contribution < -0.4 is 5.32 Å². The molecule has 2 N–H and O–H groups in total. The van der Waals surface area contributed by atoms with Crippen LogP contribution in [-0.2, 0) is 11.2 Å². The van der Waals surface area contributed by atoms with Crippen molar-refractivity contribution in [3.05, 3.63) is 23.2 Å². The van der Waals surface area contributed by atoms with Crippen LogP contribution in [0.3, 0.4) is 0 Å². The van der Waals surface area contributed by atoms with Gasteiger partial charge in [-0.15, -0.1) is 0 Å². The van der Waals surface area contributed by atoms with Crippen molar-refractivity contribution in [2.24, 2.45) is 5.92 Å². The fourth-order valence-corrected chi connectivity index (χ4v) is 1.90. The van der Waals surface area contributed by atoms with E-state index in [9.17, 15) is 9.59 Å². The SMILES string of the molecule is CCc1oc(C(=O)N[C@H](CC(C)C)C(=O)O)cc1C. The highest BCUT2D eigenvalue weighted by molar-refractivity contribution is 5.94. The lowest BCUT2D eigenvalue weighted by molar-refractivity contribution is -0.139. The molecule has 0 spiro atoms. The maximum Gasteiger partial charge on any atom is 0.326 e. The third kappa shape index (κ3) is 4.12. The van der Waals surface area contributed by atoms with Crippen molar-refractivity contribution in [1.82, 2.24) is 5.32 Å². The predicted molar refractivity (Wildman–Crippen MR) is 71.2 cm³/mol. The zero-order valence-electron chi connectivity index (χ0n) is 11.8. The van der Waals surface area contributed by atoms with Gasteiger partial charge in [-0.3, -0.25) is 4.79 Å². The van der Waals surface area contributed by atoms with E-state index in [0.717, 1.165) is 11.3 Å². The number of nitrogens with one attached hydrogen (secondary N) is 1. The van der Waals surface area contributed by atoms with Crippen LogP contribution >= 0.6 is 0 Å². The molecule has 0 fully saturated rings. The van der Waals surface area contributed by atoms with E-state index < -0.39 is 17.9 Å². The van der Waals surface area contributed by atoms with Crippen LogP contribution in [0.5, 0.6) is 0 Å². The summed E-state index contributed by atoms with van der Waals surface area (Å²) in [5.41, 5.74) is 0.906. The van der Waals surface area contributed by atoms with Gasteiger partial charge in [-0.2, -0.15) is 0 Å². The van der Waals surface area contributed by atoms with Crippen molar-refractivity contribution in [2.45, 2.75) is 46.6 Å². The molecular weight excluding hydrogens is 246 g/mol. The maximum atomic E-state index is 12.0. The van der Waals surface area contributed by atoms with Gasteiger partial charge in [-0.05, 0) is 30.9 Å². The number of aliphatic carboxylic acids is 1. The molecule has 0 unspecified atom stereocenters. The predicted octanol–water partition coefficient (Wildman–Crippen LogP) is 2.38. The lowest BCUT2D eigenvalue weighted by Crippen LogP contribution is -2.41. The number of aryl methyl sites for hydroxylation is 2. The maximum absolute atomic E-state index is 12.0. The molecule has 1 aromatic heterocycles. The highest BCUT2D eigenvalue weighted by Gasteiger charge is 2.23. The second-order valence-corrected chi connectivity index (χ2v) is 5.06. The summed E-state index contributed by atoms with van der Waals surface area (Å²) in [6.45, 7) is 7.62. The number of amides is 1. The highest BCUT2D eigenvalue weighted by Crippen LogP contribution is 2.15. The van der Waals surface area contributed by atoms with E-state index in [2.05, 4.69) is 5.32 Å². The van der Waals surface area contributed by atoms with E-state index in [-0.39, 0.29) is 11.7 Å². The number of carbonyl (C=O) groups excluding carboxylic acids is 1. The van der Waals surface area contributed by atoms with Crippen molar-refractivity contribution in [1.29, 1.82) is 0 Å². The Kier molecular flexibility index (Phi) is 5.15. The standard InChI is InChI=1S/C14H21NO4/c1-5-11-9(4)7-12(19-11)13(16)15-10(14(17)18)6-8(2)3/h7-8,10H,5-6H2,1-4H3,(H,15,16)(H,17,18)/t10-/m1/s1. The molecule has 0 aliphatic rings. The molecule has 0 aliphatic carbocycles. The van der Waals surface area contributed by atoms with Gasteiger partial charge in [0.05, 0.1) is 0 Å². The Balaban J connectivity index is 2.78. The Morgan fingerprint density at radius 2 is 2.05 bits per heavy atom. The van der Waals surface area contributed by atoms with Crippen LogP contribution in [0, 0.1) is 12.8 Å². The molecule has 0 radical (unpaired) electrons. The second kappa shape index (κ2) is 6.41. The van der Waals surface area contributed by atoms with Crippen LogP contribution in [0.4, 0.5) is 0 Å². The lowest BCUT2D eigenvalue weighted by atomic mass is 10.0. The molecule has 1 aromatic rings. The van der Waals surface area contributed by atoms with Gasteiger partial charge in [0.1, 0.15) is 11.8 Å². The lowest BCUT2D eigenvalue weighted by Gasteiger charge is -2.15. The van der Waals surface area contributed by atoms with Crippen molar-refractivity contribution in [3.8, 4) is 0 Å². The van der Waals surface area contributed by atoms with Crippen molar-refractivity contribution in [3.63, 3.8) is 0 Å². The van der Waals surface area contributed by atoms with Crippen LogP contribution in [-0.4, -0.2) is 23.0 Å². The summed E-state index contributed by atoms with van der Waals surface area (Å²) in [5.74, 6) is -0.395. The van der Waals surface area contributed by atoms with Crippen LogP contribution in [0.25, 0.3) is 0 Å². The van der Waals surface area contributed by atoms with Gasteiger partial charge in [-0.25, -0.2) is 4.79 Å². The zero-order valence-corrected chi connectivity index (χ0v) is 11.8. The number of carbonyl (C=O) groups is 2. The minimum Gasteiger partial charge on any atom is -0.480 e. The average molecular weight is 267 g/mol. The molecule has 5 heteroatoms. The van der Waals surface area contributed by atoms with E-state index in [1.54, 1.807) is 6.07 Å². The molecule has 0 aromatic carbocycles. The summed E-state index contributed by atoms with van der Waals surface area (Å²) in [7, 11) is 0. The van der Waals surface area contributed by atoms with Gasteiger partial charge < -0.3 is 14.8 Å². The third-order valence-corrected chi connectivity index (χ3v) is 2.88. The van der Waals surface area contributed by atoms with Crippen molar-refractivity contribution < 1.29 is 19.1 Å². The normalized spacial score (nSPS) is 12.5. The Morgan fingerprint density at radius 1 is 1.42 bits per heavy atom. The van der Waals surface area contributed by atoms with Crippen LogP contribution in [0.2, 0.25) is 0 Å². The molecule has 0 saturated heterocycles. The topological polar surface area (TPSA) is 79.5 Å². The minimum absolute atomic E-state index is 0.171. The van der Waals surface area contributed by atoms with E-state index in [1.807, 2.05) is 27.7 Å². The summed E-state index contributed by atoms with van der Waals surface area (Å²) < 4.78 is 5.41. The number of hydrogen-bond donors (Lipinski definition) is 2. The highest BCUT2D eigenvalue weighted by atomic mass is 16.4. The zero-order chi connectivity index (χ0) is 14.6. The van der Waals surface area contributed by atoms with E-state index in [0.29, 0.717) is 12.8 Å². The summed E-state index contributed by atoms with van der Waals surface area (Å²) in [5, 5.41) is 11.6. The first-order valence-corrected chi connectivity index (χ1v) is 6.48. The quantitative estimate of drug-likeness (QED) is 0.829. The first-order chi connectivity index (χ1) is 8.85. The monoisotopic (exact) mass is 267 g/mol. The number of hydrogen-bond acceptors (Lipinski definition) is 3. The number of carboxylic acid groups (broad SMARTS) is 1. The average Bonchev–Trinajstić information content (AvgIpc) is 2.69. The van der Waals surface area contributed by atoms with E-state index in [4.69, 9.17) is 9.52 Å². The fourth-order valence-electron chi connectivity index (χ4n) is 1.90. The molecule has 1 atom stereocenters. The van der Waals surface area contributed by atoms with E-state index in [1.165, 1.54) is 0 Å². The Hall–Kier alpha value is -1.78. The Labute approximate surface area is 113 Å². The molecule has 0 bridgehead atoms. The number of rotatable bonds is 6. The Bertz CT molecular complexity index is 462. The molecule has 5 nitrogen and oxygen atoms in total. The first-order valence-electron chi connectivity index (χ1n) is 6.48. The number of carboxylic acids is 1. The first kappa shape index (κ1) is 15.3. The van der Waals surface area contributed by atoms with E-state index >= 15 is 0 Å². The van der Waals surface area contributed by atoms with Crippen molar-refractivity contribution in [2.75, 3.05) is 0 Å². The molecule has 0 aliphatic heterocycles. The van der Waals surface area contributed by atoms with Crippen LogP contribution in [0.1, 0.15) is 49.1 Å². The number of furan rings is 1. The minimum atomic E-state index is -1.03. The second-order valence-electron chi connectivity index (χ2n) is 5.06. The summed E-state index contributed by atoms with van der Waals surface area (Å²) in [4.78, 5) is 23.0. The molecular formula is C14H21NO4. The molecule has 1 rings (SSSR count). The Morgan fingerprint density at radius 3 is 2.47 bits per heavy atom. The van der Waals surface area contributed by atoms with Gasteiger partial charge >= 0.3 is 5.97 Å². The van der Waals surface area contributed by atoms with Crippen LogP contribution in [0.15, 0.2) is 10.5 Å². The van der Waals surface area contributed by atoms with Gasteiger partial charge in [0.15, 0.2) is 5.76 Å².